The van der Waals surface area contributed by atoms with Gasteiger partial charge in [0.25, 0.3) is 0 Å². The van der Waals surface area contributed by atoms with E-state index < -0.39 is 0 Å². The average Bonchev–Trinajstić information content (AvgIpc) is 2.16. The van der Waals surface area contributed by atoms with Crippen molar-refractivity contribution in [3.8, 4) is 0 Å². The van der Waals surface area contributed by atoms with Gasteiger partial charge in [0.05, 0.1) is 5.52 Å². The van der Waals surface area contributed by atoms with Gasteiger partial charge in [-0.05, 0) is 45.1 Å². The van der Waals surface area contributed by atoms with Gasteiger partial charge in [0.2, 0.25) is 0 Å². The molecule has 0 saturated heterocycles. The second-order valence-electron chi connectivity index (χ2n) is 5.04. The molecule has 0 bridgehead atoms. The lowest BCUT2D eigenvalue weighted by Gasteiger charge is -2.20. The number of nitrogens with zero attached hydrogens (tertiary/aromatic N) is 1. The Balaban J connectivity index is 2.81. The van der Waals surface area contributed by atoms with Crippen LogP contribution in [0.15, 0.2) is 22.7 Å². The zero-order valence-electron chi connectivity index (χ0n) is 9.81. The van der Waals surface area contributed by atoms with Crippen LogP contribution in [0.25, 0.3) is 10.9 Å². The molecule has 0 atom stereocenters. The van der Waals surface area contributed by atoms with Gasteiger partial charge >= 0.3 is 0 Å². The number of fused-ring (bicyclic) bond motifs is 1. The Kier molecular flexibility index (Phi) is 3.41. The number of hydrogen-bond acceptors (Lipinski definition) is 1. The first kappa shape index (κ1) is 13.1. The van der Waals surface area contributed by atoms with E-state index >= 15 is 0 Å². The number of halogens is 3. The van der Waals surface area contributed by atoms with Gasteiger partial charge in [-0.2, -0.15) is 0 Å². The maximum Gasteiger partial charge on any atom is 0.133 e. The maximum atomic E-state index is 6.23. The highest BCUT2D eigenvalue weighted by Crippen LogP contribution is 2.34. The molecule has 2 aromatic rings. The zero-order chi connectivity index (χ0) is 12.8. The number of rotatable bonds is 0. The van der Waals surface area contributed by atoms with Crippen LogP contribution < -0.4 is 0 Å². The van der Waals surface area contributed by atoms with Crippen LogP contribution in [0.1, 0.15) is 26.3 Å². The molecule has 0 aliphatic carbocycles. The van der Waals surface area contributed by atoms with Crippen LogP contribution in [0.2, 0.25) is 10.2 Å². The highest BCUT2D eigenvalue weighted by molar-refractivity contribution is 9.10. The van der Waals surface area contributed by atoms with Crippen LogP contribution >= 0.6 is 39.1 Å². The van der Waals surface area contributed by atoms with Crippen LogP contribution in [-0.4, -0.2) is 4.98 Å². The van der Waals surface area contributed by atoms with Crippen molar-refractivity contribution in [1.29, 1.82) is 0 Å². The van der Waals surface area contributed by atoms with E-state index in [1.165, 1.54) is 0 Å². The highest BCUT2D eigenvalue weighted by atomic mass is 79.9. The fourth-order valence-corrected chi connectivity index (χ4v) is 3.06. The van der Waals surface area contributed by atoms with E-state index in [4.69, 9.17) is 23.2 Å². The Hall–Kier alpha value is -0.310. The molecule has 0 aliphatic rings. The van der Waals surface area contributed by atoms with Crippen LogP contribution in [0, 0.1) is 0 Å². The van der Waals surface area contributed by atoms with Gasteiger partial charge in [-0.3, -0.25) is 0 Å². The van der Waals surface area contributed by atoms with E-state index in [2.05, 4.69) is 47.8 Å². The van der Waals surface area contributed by atoms with Crippen molar-refractivity contribution in [2.45, 2.75) is 26.2 Å². The lowest BCUT2D eigenvalue weighted by Crippen LogP contribution is -2.12. The second-order valence-corrected chi connectivity index (χ2v) is 6.68. The maximum absolute atomic E-state index is 6.23. The fourth-order valence-electron chi connectivity index (χ4n) is 1.71. The molecule has 0 unspecified atom stereocenters. The normalized spacial score (nSPS) is 12.1. The smallest absolute Gasteiger partial charge is 0.133 e. The summed E-state index contributed by atoms with van der Waals surface area (Å²) in [6, 6.07) is 5.78. The van der Waals surface area contributed by atoms with E-state index in [1.54, 1.807) is 0 Å². The predicted octanol–water partition coefficient (Wildman–Crippen LogP) is 5.60. The lowest BCUT2D eigenvalue weighted by atomic mass is 9.87. The predicted molar refractivity (Wildman–Crippen MR) is 78.2 cm³/mol. The van der Waals surface area contributed by atoms with Crippen molar-refractivity contribution < 1.29 is 0 Å². The highest BCUT2D eigenvalue weighted by Gasteiger charge is 2.19. The first-order valence-electron chi connectivity index (χ1n) is 5.25. The molecule has 1 nitrogen and oxygen atoms in total. The SMILES string of the molecule is CC(C)(C)c1cc2cc(Cl)cc(Br)c2nc1Cl. The molecule has 1 aromatic carbocycles. The molecule has 90 valence electrons. The van der Waals surface area contributed by atoms with Gasteiger partial charge in [-0.1, -0.05) is 44.0 Å². The standard InChI is InChI=1S/C13H12BrCl2N/c1-13(2,3)9-5-7-4-8(15)6-10(14)11(7)17-12(9)16/h4-6H,1-3H3. The van der Waals surface area contributed by atoms with Gasteiger partial charge in [-0.15, -0.1) is 0 Å². The van der Waals surface area contributed by atoms with Gasteiger partial charge in [0.1, 0.15) is 5.15 Å². The molecule has 2 rings (SSSR count). The van der Waals surface area contributed by atoms with Crippen molar-refractivity contribution in [2.75, 3.05) is 0 Å². The van der Waals surface area contributed by atoms with Gasteiger partial charge in [0, 0.05) is 14.9 Å². The number of pyridine rings is 1. The summed E-state index contributed by atoms with van der Waals surface area (Å²) < 4.78 is 0.863. The molecular weight excluding hydrogens is 321 g/mol. The number of aromatic nitrogens is 1. The zero-order valence-corrected chi connectivity index (χ0v) is 12.9. The van der Waals surface area contributed by atoms with Gasteiger partial charge < -0.3 is 0 Å². The summed E-state index contributed by atoms with van der Waals surface area (Å²) in [7, 11) is 0. The minimum Gasteiger partial charge on any atom is -0.235 e. The summed E-state index contributed by atoms with van der Waals surface area (Å²) in [4.78, 5) is 4.44. The Morgan fingerprint density at radius 3 is 2.35 bits per heavy atom. The summed E-state index contributed by atoms with van der Waals surface area (Å²) in [5, 5.41) is 2.24. The largest absolute Gasteiger partial charge is 0.235 e. The molecule has 1 heterocycles. The van der Waals surface area contributed by atoms with Gasteiger partial charge in [0.15, 0.2) is 0 Å². The van der Waals surface area contributed by atoms with E-state index in [0.29, 0.717) is 10.2 Å². The van der Waals surface area contributed by atoms with Crippen LogP contribution in [-0.2, 0) is 5.41 Å². The summed E-state index contributed by atoms with van der Waals surface area (Å²) in [5.41, 5.74) is 1.83. The van der Waals surface area contributed by atoms with E-state index in [9.17, 15) is 0 Å². The Morgan fingerprint density at radius 2 is 1.76 bits per heavy atom. The average molecular weight is 333 g/mol. The molecule has 0 spiro atoms. The molecule has 0 amide bonds. The molecule has 0 saturated carbocycles. The van der Waals surface area contributed by atoms with Crippen LogP contribution in [0.5, 0.6) is 0 Å². The topological polar surface area (TPSA) is 12.9 Å². The molecule has 0 fully saturated rings. The Bertz CT molecular complexity index is 588. The minimum atomic E-state index is -0.0347. The molecule has 4 heteroatoms. The third-order valence-corrected chi connectivity index (χ3v) is 3.71. The van der Waals surface area contributed by atoms with Gasteiger partial charge in [-0.25, -0.2) is 4.98 Å². The third-order valence-electron chi connectivity index (χ3n) is 2.60. The summed E-state index contributed by atoms with van der Waals surface area (Å²) in [5.74, 6) is 0. The molecular formula is C13H12BrCl2N. The van der Waals surface area contributed by atoms with Crippen LogP contribution in [0.3, 0.4) is 0 Å². The Morgan fingerprint density at radius 1 is 1.12 bits per heavy atom. The number of hydrogen-bond donors (Lipinski definition) is 0. The number of benzene rings is 1. The van der Waals surface area contributed by atoms with Crippen molar-refractivity contribution in [3.05, 3.63) is 38.4 Å². The first-order chi connectivity index (χ1) is 7.79. The van der Waals surface area contributed by atoms with Crippen LogP contribution in [0.4, 0.5) is 0 Å². The minimum absolute atomic E-state index is 0.0347. The fraction of sp³-hybridized carbons (Fsp3) is 0.308. The molecule has 1 aromatic heterocycles. The van der Waals surface area contributed by atoms with Crippen molar-refractivity contribution >= 4 is 50.0 Å². The lowest BCUT2D eigenvalue weighted by molar-refractivity contribution is 0.589. The quantitative estimate of drug-likeness (QED) is 0.572. The molecule has 0 radical (unpaired) electrons. The molecule has 0 N–H and O–H groups in total. The monoisotopic (exact) mass is 331 g/mol. The summed E-state index contributed by atoms with van der Waals surface area (Å²) in [6.07, 6.45) is 0. The first-order valence-corrected chi connectivity index (χ1v) is 6.80. The van der Waals surface area contributed by atoms with Crippen molar-refractivity contribution in [3.63, 3.8) is 0 Å². The van der Waals surface area contributed by atoms with E-state index in [1.807, 2.05) is 12.1 Å². The van der Waals surface area contributed by atoms with Crippen molar-refractivity contribution in [2.24, 2.45) is 0 Å². The van der Waals surface area contributed by atoms with E-state index in [0.717, 1.165) is 20.9 Å². The summed E-state index contributed by atoms with van der Waals surface area (Å²) >= 11 is 15.7. The Labute approximate surface area is 119 Å². The molecule has 0 aliphatic heterocycles. The third kappa shape index (κ3) is 2.59. The van der Waals surface area contributed by atoms with E-state index in [-0.39, 0.29) is 5.41 Å². The summed E-state index contributed by atoms with van der Waals surface area (Å²) in [6.45, 7) is 6.34. The molecule has 17 heavy (non-hydrogen) atoms. The van der Waals surface area contributed by atoms with Crippen molar-refractivity contribution in [1.82, 2.24) is 4.98 Å². The second kappa shape index (κ2) is 4.42.